The van der Waals surface area contributed by atoms with Gasteiger partial charge in [0, 0.05) is 6.20 Å². The van der Waals surface area contributed by atoms with Gasteiger partial charge < -0.3 is 0 Å². The van der Waals surface area contributed by atoms with Crippen molar-refractivity contribution < 1.29 is 0 Å². The largest absolute Gasteiger partial charge is 0.288 e. The molecule has 0 aliphatic rings. The molecule has 3 nitrogen and oxygen atoms in total. The minimum Gasteiger partial charge on any atom is -0.288 e. The molecule has 0 amide bonds. The lowest BCUT2D eigenvalue weighted by Crippen LogP contribution is -1.80. The first-order valence-corrected chi connectivity index (χ1v) is 3.61. The summed E-state index contributed by atoms with van der Waals surface area (Å²) in [6, 6.07) is 3.87. The fraction of sp³-hybridized carbons (Fsp3) is 0. The highest BCUT2D eigenvalue weighted by atomic mass is 79.9. The van der Waals surface area contributed by atoms with Crippen molar-refractivity contribution in [3.8, 4) is 0 Å². The van der Waals surface area contributed by atoms with Crippen molar-refractivity contribution in [2.45, 2.75) is 0 Å². The molecule has 0 bridgehead atoms. The third-order valence-electron chi connectivity index (χ3n) is 1.28. The van der Waals surface area contributed by atoms with E-state index in [0.29, 0.717) is 0 Å². The molecule has 0 aliphatic heterocycles. The number of pyridine rings is 1. The molecule has 0 spiro atoms. The van der Waals surface area contributed by atoms with Crippen LogP contribution in [0.25, 0.3) is 5.65 Å². The molecule has 2 aromatic heterocycles. The number of aromatic nitrogens is 3. The summed E-state index contributed by atoms with van der Waals surface area (Å²) in [5.74, 6) is 0. The molecule has 0 atom stereocenters. The lowest BCUT2D eigenvalue weighted by atomic mass is 10.5. The Morgan fingerprint density at radius 3 is 3.20 bits per heavy atom. The van der Waals surface area contributed by atoms with E-state index in [2.05, 4.69) is 26.1 Å². The van der Waals surface area contributed by atoms with Crippen LogP contribution in [-0.4, -0.2) is 14.6 Å². The minimum atomic E-state index is 0.850. The number of nitrogens with zero attached hydrogens (tertiary/aromatic N) is 3. The van der Waals surface area contributed by atoms with Gasteiger partial charge >= 0.3 is 0 Å². The van der Waals surface area contributed by atoms with E-state index in [4.69, 9.17) is 0 Å². The Morgan fingerprint density at radius 2 is 2.40 bits per heavy atom. The molecule has 0 aliphatic carbocycles. The summed E-state index contributed by atoms with van der Waals surface area (Å²) in [5.41, 5.74) is 0.850. The summed E-state index contributed by atoms with van der Waals surface area (Å²) in [6.07, 6.45) is 3.57. The van der Waals surface area contributed by atoms with E-state index in [-0.39, 0.29) is 0 Å². The van der Waals surface area contributed by atoms with E-state index >= 15 is 0 Å². The summed E-state index contributed by atoms with van der Waals surface area (Å²) in [4.78, 5) is 0. The molecule has 0 aromatic carbocycles. The second-order valence-corrected chi connectivity index (χ2v) is 2.77. The van der Waals surface area contributed by atoms with Gasteiger partial charge in [0.2, 0.25) is 0 Å². The Balaban J connectivity index is 2.95. The monoisotopic (exact) mass is 197 g/mol. The highest BCUT2D eigenvalue weighted by Crippen LogP contribution is 2.13. The van der Waals surface area contributed by atoms with Gasteiger partial charge in [0.1, 0.15) is 6.33 Å². The van der Waals surface area contributed by atoms with E-state index in [1.165, 1.54) is 0 Å². The molecule has 10 heavy (non-hydrogen) atoms. The summed E-state index contributed by atoms with van der Waals surface area (Å²) >= 11 is 3.35. The van der Waals surface area contributed by atoms with Crippen LogP contribution < -0.4 is 0 Å². The lowest BCUT2D eigenvalue weighted by molar-refractivity contribution is 1.10. The first kappa shape index (κ1) is 5.85. The van der Waals surface area contributed by atoms with E-state index in [9.17, 15) is 0 Å². The Labute approximate surface area is 65.8 Å². The zero-order chi connectivity index (χ0) is 6.97. The van der Waals surface area contributed by atoms with Gasteiger partial charge in [0.15, 0.2) is 5.65 Å². The molecule has 2 aromatic rings. The van der Waals surface area contributed by atoms with E-state index < -0.39 is 0 Å². The van der Waals surface area contributed by atoms with Crippen LogP contribution in [0.5, 0.6) is 0 Å². The van der Waals surface area contributed by atoms with Crippen LogP contribution >= 0.6 is 15.9 Å². The molecule has 0 unspecified atom stereocenters. The van der Waals surface area contributed by atoms with Crippen LogP contribution in [0.1, 0.15) is 0 Å². The van der Waals surface area contributed by atoms with Gasteiger partial charge in [-0.1, -0.05) is 0 Å². The molecule has 2 rings (SSSR count). The Bertz CT molecular complexity index is 355. The van der Waals surface area contributed by atoms with Crippen molar-refractivity contribution in [2.24, 2.45) is 0 Å². The topological polar surface area (TPSA) is 30.2 Å². The smallest absolute Gasteiger partial charge is 0.174 e. The van der Waals surface area contributed by atoms with Gasteiger partial charge in [-0.2, -0.15) is 0 Å². The second-order valence-electron chi connectivity index (χ2n) is 1.92. The highest BCUT2D eigenvalue weighted by molar-refractivity contribution is 9.10. The molecule has 0 radical (unpaired) electrons. The van der Waals surface area contributed by atoms with Crippen molar-refractivity contribution >= 4 is 21.6 Å². The van der Waals surface area contributed by atoms with E-state index in [1.807, 2.05) is 22.7 Å². The summed E-state index contributed by atoms with van der Waals surface area (Å²) in [7, 11) is 0. The molecular weight excluding hydrogens is 194 g/mol. The molecular formula is C6H4BrN3. The van der Waals surface area contributed by atoms with Crippen LogP contribution in [0.15, 0.2) is 29.1 Å². The lowest BCUT2D eigenvalue weighted by Gasteiger charge is -1.90. The van der Waals surface area contributed by atoms with Crippen molar-refractivity contribution in [1.29, 1.82) is 0 Å². The van der Waals surface area contributed by atoms with Crippen molar-refractivity contribution in [3.05, 3.63) is 29.1 Å². The average Bonchev–Trinajstić information content (AvgIpc) is 2.36. The number of fused-ring (bicyclic) bond motifs is 1. The molecule has 4 heteroatoms. The molecule has 50 valence electrons. The van der Waals surface area contributed by atoms with Gasteiger partial charge in [0.05, 0.1) is 4.47 Å². The molecule has 0 fully saturated rings. The zero-order valence-corrected chi connectivity index (χ0v) is 6.62. The number of rotatable bonds is 0. The molecule has 0 saturated carbocycles. The zero-order valence-electron chi connectivity index (χ0n) is 5.03. The van der Waals surface area contributed by atoms with Crippen molar-refractivity contribution in [1.82, 2.24) is 14.6 Å². The predicted molar refractivity (Wildman–Crippen MR) is 40.7 cm³/mol. The van der Waals surface area contributed by atoms with Crippen LogP contribution in [0.4, 0.5) is 0 Å². The van der Waals surface area contributed by atoms with Crippen LogP contribution in [0.2, 0.25) is 0 Å². The quantitative estimate of drug-likeness (QED) is 0.641. The van der Waals surface area contributed by atoms with Crippen LogP contribution in [0.3, 0.4) is 0 Å². The fourth-order valence-corrected chi connectivity index (χ4v) is 1.25. The average molecular weight is 198 g/mol. The number of hydrogen-bond acceptors (Lipinski definition) is 2. The van der Waals surface area contributed by atoms with E-state index in [1.54, 1.807) is 6.33 Å². The normalized spacial score (nSPS) is 10.5. The van der Waals surface area contributed by atoms with Gasteiger partial charge in [-0.15, -0.1) is 10.2 Å². The summed E-state index contributed by atoms with van der Waals surface area (Å²) < 4.78 is 2.82. The maximum Gasteiger partial charge on any atom is 0.174 e. The Hall–Kier alpha value is -0.900. The van der Waals surface area contributed by atoms with Crippen LogP contribution in [-0.2, 0) is 0 Å². The second kappa shape index (κ2) is 2.05. The van der Waals surface area contributed by atoms with Gasteiger partial charge in [-0.05, 0) is 28.1 Å². The number of halogens is 1. The number of hydrogen-bond donors (Lipinski definition) is 0. The maximum absolute atomic E-state index is 3.88. The third-order valence-corrected chi connectivity index (χ3v) is 1.89. The standard InChI is InChI=1S/C6H4BrN3/c7-5-2-1-3-10-4-8-9-6(5)10/h1-4H. The highest BCUT2D eigenvalue weighted by Gasteiger charge is 1.96. The third kappa shape index (κ3) is 0.724. The minimum absolute atomic E-state index is 0.850. The fourth-order valence-electron chi connectivity index (χ4n) is 0.817. The van der Waals surface area contributed by atoms with Crippen molar-refractivity contribution in [3.63, 3.8) is 0 Å². The van der Waals surface area contributed by atoms with Gasteiger partial charge in [-0.25, -0.2) is 0 Å². The molecule has 0 N–H and O–H groups in total. The predicted octanol–water partition coefficient (Wildman–Crippen LogP) is 1.49. The summed E-state index contributed by atoms with van der Waals surface area (Å²) in [5, 5.41) is 7.63. The van der Waals surface area contributed by atoms with E-state index in [0.717, 1.165) is 10.1 Å². The van der Waals surface area contributed by atoms with Gasteiger partial charge in [0.25, 0.3) is 0 Å². The Kier molecular flexibility index (Phi) is 1.20. The summed E-state index contributed by atoms with van der Waals surface area (Å²) in [6.45, 7) is 0. The molecule has 0 saturated heterocycles. The van der Waals surface area contributed by atoms with Crippen molar-refractivity contribution in [2.75, 3.05) is 0 Å². The molecule has 2 heterocycles. The van der Waals surface area contributed by atoms with Crippen LogP contribution in [0, 0.1) is 0 Å². The first-order valence-electron chi connectivity index (χ1n) is 2.82. The Morgan fingerprint density at radius 1 is 1.50 bits per heavy atom. The SMILES string of the molecule is Brc1cccn2cnnc12. The maximum atomic E-state index is 3.88. The first-order chi connectivity index (χ1) is 4.88. The van der Waals surface area contributed by atoms with Gasteiger partial charge in [-0.3, -0.25) is 4.40 Å².